The van der Waals surface area contributed by atoms with Gasteiger partial charge in [-0.15, -0.1) is 0 Å². The van der Waals surface area contributed by atoms with Gasteiger partial charge in [0.25, 0.3) is 0 Å². The van der Waals surface area contributed by atoms with Crippen LogP contribution >= 0.6 is 0 Å². The summed E-state index contributed by atoms with van der Waals surface area (Å²) in [5, 5.41) is 2.89. The minimum Gasteiger partial charge on any atom is -0.496 e. The van der Waals surface area contributed by atoms with Crippen molar-refractivity contribution in [3.8, 4) is 16.9 Å². The van der Waals surface area contributed by atoms with Gasteiger partial charge in [0.15, 0.2) is 0 Å². The van der Waals surface area contributed by atoms with Crippen LogP contribution in [0.1, 0.15) is 25.5 Å². The van der Waals surface area contributed by atoms with Crippen LogP contribution in [0.3, 0.4) is 0 Å². The van der Waals surface area contributed by atoms with Crippen molar-refractivity contribution in [1.82, 2.24) is 5.32 Å². The molecule has 2 atom stereocenters. The van der Waals surface area contributed by atoms with Crippen molar-refractivity contribution in [2.24, 2.45) is 5.73 Å². The molecule has 0 aliphatic heterocycles. The number of para-hydroxylation sites is 1. The summed E-state index contributed by atoms with van der Waals surface area (Å²) in [4.78, 5) is 11.6. The fourth-order valence-corrected chi connectivity index (χ4v) is 2.26. The third kappa shape index (κ3) is 3.65. The van der Waals surface area contributed by atoms with Crippen LogP contribution in [0, 0.1) is 0 Å². The van der Waals surface area contributed by atoms with Gasteiger partial charge in [-0.3, -0.25) is 4.79 Å². The summed E-state index contributed by atoms with van der Waals surface area (Å²) in [6.07, 6.45) is 0. The molecule has 1 amide bonds. The first-order chi connectivity index (χ1) is 10.5. The quantitative estimate of drug-likeness (QED) is 0.892. The van der Waals surface area contributed by atoms with Crippen LogP contribution < -0.4 is 15.8 Å². The van der Waals surface area contributed by atoms with Gasteiger partial charge in [-0.1, -0.05) is 42.5 Å². The Morgan fingerprint density at radius 1 is 1.09 bits per heavy atom. The third-order valence-electron chi connectivity index (χ3n) is 3.60. The summed E-state index contributed by atoms with van der Waals surface area (Å²) in [6, 6.07) is 15.4. The number of ether oxygens (including phenoxy) is 1. The van der Waals surface area contributed by atoms with Crippen LogP contribution in [0.5, 0.6) is 5.75 Å². The second-order valence-corrected chi connectivity index (χ2v) is 5.34. The molecular formula is C18H22N2O2. The first-order valence-electron chi connectivity index (χ1n) is 7.32. The molecule has 0 fully saturated rings. The van der Waals surface area contributed by atoms with Crippen molar-refractivity contribution in [2.75, 3.05) is 7.11 Å². The number of nitrogens with two attached hydrogens (primary N) is 1. The highest BCUT2D eigenvalue weighted by Crippen LogP contribution is 2.30. The third-order valence-corrected chi connectivity index (χ3v) is 3.60. The molecule has 3 N–H and O–H groups in total. The van der Waals surface area contributed by atoms with Gasteiger partial charge < -0.3 is 15.8 Å². The Morgan fingerprint density at radius 3 is 2.32 bits per heavy atom. The van der Waals surface area contributed by atoms with Crippen molar-refractivity contribution >= 4 is 5.91 Å². The van der Waals surface area contributed by atoms with Crippen LogP contribution in [0.25, 0.3) is 11.1 Å². The lowest BCUT2D eigenvalue weighted by atomic mass is 10.0. The molecule has 116 valence electrons. The lowest BCUT2D eigenvalue weighted by molar-refractivity contribution is -0.122. The number of hydrogen-bond donors (Lipinski definition) is 2. The van der Waals surface area contributed by atoms with E-state index in [4.69, 9.17) is 10.5 Å². The SMILES string of the molecule is COc1ccccc1-c1ccc(C(C)NC(=O)[C@@H](C)N)cc1. The molecule has 2 rings (SSSR count). The minimum absolute atomic E-state index is 0.0785. The highest BCUT2D eigenvalue weighted by Gasteiger charge is 2.13. The Hall–Kier alpha value is -2.33. The molecule has 0 radical (unpaired) electrons. The fraction of sp³-hybridized carbons (Fsp3) is 0.278. The molecule has 0 saturated heterocycles. The largest absolute Gasteiger partial charge is 0.496 e. The van der Waals surface area contributed by atoms with Crippen LogP contribution in [-0.2, 0) is 4.79 Å². The second-order valence-electron chi connectivity index (χ2n) is 5.34. The summed E-state index contributed by atoms with van der Waals surface area (Å²) in [7, 11) is 1.67. The van der Waals surface area contributed by atoms with E-state index in [9.17, 15) is 4.79 Å². The van der Waals surface area contributed by atoms with Gasteiger partial charge in [-0.05, 0) is 31.0 Å². The van der Waals surface area contributed by atoms with Crippen LogP contribution in [0.4, 0.5) is 0 Å². The molecule has 0 aliphatic rings. The molecule has 2 aromatic carbocycles. The van der Waals surface area contributed by atoms with E-state index < -0.39 is 6.04 Å². The lowest BCUT2D eigenvalue weighted by Crippen LogP contribution is -2.39. The van der Waals surface area contributed by atoms with Gasteiger partial charge in [0, 0.05) is 5.56 Å². The van der Waals surface area contributed by atoms with E-state index in [1.807, 2.05) is 55.5 Å². The maximum atomic E-state index is 11.6. The summed E-state index contributed by atoms with van der Waals surface area (Å²) < 4.78 is 5.39. The van der Waals surface area contributed by atoms with E-state index in [1.165, 1.54) is 0 Å². The van der Waals surface area contributed by atoms with E-state index in [2.05, 4.69) is 5.32 Å². The Kier molecular flexibility index (Phi) is 5.17. The number of carbonyl (C=O) groups excluding carboxylic acids is 1. The average molecular weight is 298 g/mol. The number of amides is 1. The predicted octanol–water partition coefficient (Wildman–Crippen LogP) is 2.89. The fourth-order valence-electron chi connectivity index (χ4n) is 2.26. The maximum Gasteiger partial charge on any atom is 0.237 e. The van der Waals surface area contributed by atoms with Crippen molar-refractivity contribution in [3.05, 3.63) is 54.1 Å². The lowest BCUT2D eigenvalue weighted by Gasteiger charge is -2.16. The molecule has 22 heavy (non-hydrogen) atoms. The van der Waals surface area contributed by atoms with Crippen molar-refractivity contribution < 1.29 is 9.53 Å². The van der Waals surface area contributed by atoms with Crippen molar-refractivity contribution in [2.45, 2.75) is 25.9 Å². The molecule has 0 bridgehead atoms. The molecule has 0 saturated carbocycles. The standard InChI is InChI=1S/C18H22N2O2/c1-12(19)18(21)20-13(2)14-8-10-15(11-9-14)16-6-4-5-7-17(16)22-3/h4-13H,19H2,1-3H3,(H,20,21)/t12-,13?/m1/s1. The zero-order valence-electron chi connectivity index (χ0n) is 13.2. The molecule has 2 aromatic rings. The topological polar surface area (TPSA) is 64.3 Å². The minimum atomic E-state index is -0.504. The molecule has 4 nitrogen and oxygen atoms in total. The predicted molar refractivity (Wildman–Crippen MR) is 88.6 cm³/mol. The van der Waals surface area contributed by atoms with Gasteiger partial charge >= 0.3 is 0 Å². The van der Waals surface area contributed by atoms with E-state index in [0.29, 0.717) is 0 Å². The highest BCUT2D eigenvalue weighted by atomic mass is 16.5. The second kappa shape index (κ2) is 7.09. The van der Waals surface area contributed by atoms with Crippen molar-refractivity contribution in [1.29, 1.82) is 0 Å². The Morgan fingerprint density at radius 2 is 1.73 bits per heavy atom. The number of nitrogens with one attached hydrogen (secondary N) is 1. The van der Waals surface area contributed by atoms with Crippen LogP contribution in [0.2, 0.25) is 0 Å². The molecular weight excluding hydrogens is 276 g/mol. The first-order valence-corrected chi connectivity index (χ1v) is 7.32. The monoisotopic (exact) mass is 298 g/mol. The number of carbonyl (C=O) groups is 1. The van der Waals surface area contributed by atoms with Crippen molar-refractivity contribution in [3.63, 3.8) is 0 Å². The number of benzene rings is 2. The van der Waals surface area contributed by atoms with Crippen LogP contribution in [0.15, 0.2) is 48.5 Å². The molecule has 4 heteroatoms. The number of hydrogen-bond acceptors (Lipinski definition) is 3. The molecule has 0 aliphatic carbocycles. The Labute approximate surface area is 131 Å². The summed E-state index contributed by atoms with van der Waals surface area (Å²) in [5.74, 6) is 0.690. The van der Waals surface area contributed by atoms with Gasteiger partial charge in [0.1, 0.15) is 5.75 Å². The Balaban J connectivity index is 2.18. The first kappa shape index (κ1) is 16.0. The summed E-state index contributed by atoms with van der Waals surface area (Å²) in [6.45, 7) is 3.62. The highest BCUT2D eigenvalue weighted by molar-refractivity contribution is 5.81. The zero-order chi connectivity index (χ0) is 16.1. The zero-order valence-corrected chi connectivity index (χ0v) is 13.2. The molecule has 0 heterocycles. The van der Waals surface area contributed by atoms with Gasteiger partial charge in [0.05, 0.1) is 19.2 Å². The molecule has 1 unspecified atom stereocenters. The summed E-state index contributed by atoms with van der Waals surface area (Å²) >= 11 is 0. The van der Waals surface area contributed by atoms with E-state index in [0.717, 1.165) is 22.4 Å². The van der Waals surface area contributed by atoms with E-state index >= 15 is 0 Å². The molecule has 0 aromatic heterocycles. The smallest absolute Gasteiger partial charge is 0.237 e. The number of rotatable bonds is 5. The van der Waals surface area contributed by atoms with Crippen LogP contribution in [-0.4, -0.2) is 19.1 Å². The average Bonchev–Trinajstić information content (AvgIpc) is 2.54. The van der Waals surface area contributed by atoms with Gasteiger partial charge in [0.2, 0.25) is 5.91 Å². The maximum absolute atomic E-state index is 11.6. The summed E-state index contributed by atoms with van der Waals surface area (Å²) in [5.41, 5.74) is 8.72. The number of methoxy groups -OCH3 is 1. The van der Waals surface area contributed by atoms with E-state index in [-0.39, 0.29) is 11.9 Å². The van der Waals surface area contributed by atoms with Gasteiger partial charge in [-0.2, -0.15) is 0 Å². The normalized spacial score (nSPS) is 13.3. The Bertz CT molecular complexity index is 636. The van der Waals surface area contributed by atoms with E-state index in [1.54, 1.807) is 14.0 Å². The van der Waals surface area contributed by atoms with Gasteiger partial charge in [-0.25, -0.2) is 0 Å². The molecule has 0 spiro atoms.